The quantitative estimate of drug-likeness (QED) is 0.500. The SMILES string of the molecule is CC(C)(C)[S+]([O-])/N=C/C1CCCC1. The molecule has 0 heterocycles. The molecule has 76 valence electrons. The largest absolute Gasteiger partial charge is 0.591 e. The van der Waals surface area contributed by atoms with E-state index in [1.54, 1.807) is 0 Å². The predicted octanol–water partition coefficient (Wildman–Crippen LogP) is 2.71. The zero-order valence-corrected chi connectivity index (χ0v) is 9.56. The molecular weight excluding hydrogens is 182 g/mol. The van der Waals surface area contributed by atoms with Crippen molar-refractivity contribution < 1.29 is 4.55 Å². The summed E-state index contributed by atoms with van der Waals surface area (Å²) in [6.07, 6.45) is 6.97. The molecule has 13 heavy (non-hydrogen) atoms. The fourth-order valence-electron chi connectivity index (χ4n) is 1.41. The second kappa shape index (κ2) is 4.47. The highest BCUT2D eigenvalue weighted by Gasteiger charge is 2.26. The molecule has 0 aromatic heterocycles. The van der Waals surface area contributed by atoms with E-state index in [0.29, 0.717) is 5.92 Å². The molecule has 0 spiro atoms. The van der Waals surface area contributed by atoms with Gasteiger partial charge in [0.25, 0.3) is 0 Å². The summed E-state index contributed by atoms with van der Waals surface area (Å²) in [5, 5.41) is 0. The Balaban J connectivity index is 2.38. The molecule has 0 amide bonds. The van der Waals surface area contributed by atoms with Gasteiger partial charge in [-0.05, 0) is 39.5 Å². The Bertz CT molecular complexity index is 180. The normalized spacial score (nSPS) is 22.8. The number of hydrogen-bond donors (Lipinski definition) is 0. The van der Waals surface area contributed by atoms with E-state index in [1.165, 1.54) is 25.7 Å². The van der Waals surface area contributed by atoms with Crippen molar-refractivity contribution in [3.63, 3.8) is 0 Å². The summed E-state index contributed by atoms with van der Waals surface area (Å²) >= 11 is -1.06. The van der Waals surface area contributed by atoms with Crippen LogP contribution in [0.1, 0.15) is 46.5 Å². The van der Waals surface area contributed by atoms with Crippen molar-refractivity contribution >= 4 is 17.6 Å². The maximum Gasteiger partial charge on any atom is 0.144 e. The highest BCUT2D eigenvalue weighted by molar-refractivity contribution is 7.91. The molecule has 1 rings (SSSR count). The summed E-state index contributed by atoms with van der Waals surface area (Å²) in [6.45, 7) is 5.86. The lowest BCUT2D eigenvalue weighted by Crippen LogP contribution is -2.26. The number of rotatable bonds is 2. The molecule has 1 atom stereocenters. The fraction of sp³-hybridized carbons (Fsp3) is 0.900. The van der Waals surface area contributed by atoms with Crippen LogP contribution in [0.4, 0.5) is 0 Å². The third-order valence-electron chi connectivity index (χ3n) is 2.29. The molecular formula is C10H19NOS. The zero-order valence-electron chi connectivity index (χ0n) is 8.75. The Morgan fingerprint density at radius 3 is 2.31 bits per heavy atom. The number of nitrogens with zero attached hydrogens (tertiary/aromatic N) is 1. The highest BCUT2D eigenvalue weighted by Crippen LogP contribution is 2.24. The first-order valence-corrected chi connectivity index (χ1v) is 6.07. The van der Waals surface area contributed by atoms with Crippen molar-refractivity contribution in [2.45, 2.75) is 51.2 Å². The molecule has 0 radical (unpaired) electrons. The van der Waals surface area contributed by atoms with Crippen molar-refractivity contribution in [1.82, 2.24) is 0 Å². The average molecular weight is 201 g/mol. The summed E-state index contributed by atoms with van der Waals surface area (Å²) in [7, 11) is 0. The summed E-state index contributed by atoms with van der Waals surface area (Å²) in [4.78, 5) is 0. The van der Waals surface area contributed by atoms with Gasteiger partial charge >= 0.3 is 0 Å². The molecule has 0 aliphatic heterocycles. The number of hydrogen-bond acceptors (Lipinski definition) is 2. The second-order valence-electron chi connectivity index (χ2n) is 4.66. The van der Waals surface area contributed by atoms with E-state index in [2.05, 4.69) is 4.40 Å². The first-order chi connectivity index (χ1) is 6.00. The van der Waals surface area contributed by atoms with E-state index in [9.17, 15) is 4.55 Å². The van der Waals surface area contributed by atoms with Crippen LogP contribution >= 0.6 is 0 Å². The first-order valence-electron chi connectivity index (χ1n) is 4.96. The van der Waals surface area contributed by atoms with Gasteiger partial charge in [0, 0.05) is 0 Å². The molecule has 3 heteroatoms. The van der Waals surface area contributed by atoms with Crippen molar-refractivity contribution in [3.8, 4) is 0 Å². The molecule has 0 N–H and O–H groups in total. The molecule has 1 saturated carbocycles. The van der Waals surface area contributed by atoms with Crippen LogP contribution in [0.3, 0.4) is 0 Å². The van der Waals surface area contributed by atoms with Crippen molar-refractivity contribution in [1.29, 1.82) is 0 Å². The van der Waals surface area contributed by atoms with Gasteiger partial charge in [-0.25, -0.2) is 0 Å². The smallest absolute Gasteiger partial charge is 0.144 e. The Kier molecular flexibility index (Phi) is 3.80. The van der Waals surface area contributed by atoms with Crippen molar-refractivity contribution in [3.05, 3.63) is 0 Å². The summed E-state index contributed by atoms with van der Waals surface area (Å²) < 4.78 is 15.4. The van der Waals surface area contributed by atoms with Gasteiger partial charge in [0.05, 0.1) is 6.21 Å². The molecule has 1 unspecified atom stereocenters. The molecule has 1 fully saturated rings. The molecule has 0 saturated heterocycles. The van der Waals surface area contributed by atoms with Crippen LogP contribution in [0.25, 0.3) is 0 Å². The minimum Gasteiger partial charge on any atom is -0.591 e. The Morgan fingerprint density at radius 1 is 1.31 bits per heavy atom. The Labute approximate surface area is 84.1 Å². The first kappa shape index (κ1) is 11.1. The third-order valence-corrected chi connectivity index (χ3v) is 3.65. The molecule has 2 nitrogen and oxygen atoms in total. The van der Waals surface area contributed by atoms with Gasteiger partial charge in [-0.1, -0.05) is 17.2 Å². The zero-order chi connectivity index (χ0) is 9.90. The molecule has 0 aromatic carbocycles. The lowest BCUT2D eigenvalue weighted by molar-refractivity contribution is 0.561. The monoisotopic (exact) mass is 201 g/mol. The van der Waals surface area contributed by atoms with Crippen molar-refractivity contribution in [2.24, 2.45) is 10.3 Å². The van der Waals surface area contributed by atoms with E-state index in [4.69, 9.17) is 0 Å². The van der Waals surface area contributed by atoms with Crippen LogP contribution in [-0.4, -0.2) is 15.5 Å². The molecule has 0 bridgehead atoms. The molecule has 1 aliphatic rings. The van der Waals surface area contributed by atoms with Crippen LogP contribution in [0, 0.1) is 5.92 Å². The van der Waals surface area contributed by atoms with Crippen LogP contribution in [0.5, 0.6) is 0 Å². The average Bonchev–Trinajstić information content (AvgIpc) is 2.50. The summed E-state index contributed by atoms with van der Waals surface area (Å²) in [6, 6.07) is 0. The van der Waals surface area contributed by atoms with E-state index in [1.807, 2.05) is 27.0 Å². The van der Waals surface area contributed by atoms with Crippen LogP contribution in [0.15, 0.2) is 4.40 Å². The lowest BCUT2D eigenvalue weighted by Gasteiger charge is -2.18. The Hall–Kier alpha value is -0.0200. The van der Waals surface area contributed by atoms with E-state index < -0.39 is 11.4 Å². The maximum atomic E-state index is 11.5. The van der Waals surface area contributed by atoms with Gasteiger partial charge in [-0.2, -0.15) is 0 Å². The third kappa shape index (κ3) is 3.69. The van der Waals surface area contributed by atoms with Gasteiger partial charge in [-0.3, -0.25) is 0 Å². The minimum absolute atomic E-state index is 0.213. The summed E-state index contributed by atoms with van der Waals surface area (Å²) in [5.74, 6) is 0.589. The van der Waals surface area contributed by atoms with Gasteiger partial charge in [-0.15, -0.1) is 0 Å². The van der Waals surface area contributed by atoms with Crippen LogP contribution < -0.4 is 0 Å². The minimum atomic E-state index is -1.06. The van der Waals surface area contributed by atoms with Gasteiger partial charge < -0.3 is 4.55 Å². The van der Waals surface area contributed by atoms with Gasteiger partial charge in [0.15, 0.2) is 0 Å². The highest BCUT2D eigenvalue weighted by atomic mass is 32.2. The molecule has 0 aromatic rings. The van der Waals surface area contributed by atoms with Crippen LogP contribution in [0.2, 0.25) is 0 Å². The van der Waals surface area contributed by atoms with E-state index >= 15 is 0 Å². The second-order valence-corrected chi connectivity index (χ2v) is 6.59. The van der Waals surface area contributed by atoms with E-state index in [-0.39, 0.29) is 4.75 Å². The van der Waals surface area contributed by atoms with Gasteiger partial charge in [0.1, 0.15) is 16.1 Å². The fourth-order valence-corrected chi connectivity index (χ4v) is 2.00. The topological polar surface area (TPSA) is 35.4 Å². The van der Waals surface area contributed by atoms with E-state index in [0.717, 1.165) is 0 Å². The molecule has 1 aliphatic carbocycles. The Morgan fingerprint density at radius 2 is 1.85 bits per heavy atom. The predicted molar refractivity (Wildman–Crippen MR) is 58.3 cm³/mol. The van der Waals surface area contributed by atoms with Gasteiger partial charge in [0.2, 0.25) is 0 Å². The van der Waals surface area contributed by atoms with Crippen molar-refractivity contribution in [2.75, 3.05) is 0 Å². The maximum absolute atomic E-state index is 11.5. The summed E-state index contributed by atoms with van der Waals surface area (Å²) in [5.41, 5.74) is 0. The standard InChI is InChI=1S/C10H19NOS/c1-10(2,3)13(12)11-8-9-6-4-5-7-9/h8-9H,4-7H2,1-3H3/b11-8+. The lowest BCUT2D eigenvalue weighted by atomic mass is 10.1. The van der Waals surface area contributed by atoms with Crippen LogP contribution in [-0.2, 0) is 11.4 Å².